The van der Waals surface area contributed by atoms with E-state index in [2.05, 4.69) is 5.32 Å². The molecule has 0 aliphatic heterocycles. The minimum atomic E-state index is -4.50. The summed E-state index contributed by atoms with van der Waals surface area (Å²) in [4.78, 5) is 22.0. The second-order valence-corrected chi connectivity index (χ2v) is 7.36. The highest BCUT2D eigenvalue weighted by Gasteiger charge is 2.31. The Kier molecular flexibility index (Phi) is 9.04. The van der Waals surface area contributed by atoms with Gasteiger partial charge in [0.25, 0.3) is 0 Å². The Bertz CT molecular complexity index is 1220. The van der Waals surface area contributed by atoms with Crippen LogP contribution in [0.25, 0.3) is 0 Å². The molecule has 0 fully saturated rings. The first-order chi connectivity index (χ1) is 16.6. The minimum Gasteiger partial charge on any atom is -0.508 e. The average Bonchev–Trinajstić information content (AvgIpc) is 2.75. The van der Waals surface area contributed by atoms with Gasteiger partial charge in [-0.1, -0.05) is 36.4 Å². The van der Waals surface area contributed by atoms with Crippen molar-refractivity contribution < 1.29 is 50.5 Å². The van der Waals surface area contributed by atoms with E-state index in [-0.39, 0.29) is 29.0 Å². The van der Waals surface area contributed by atoms with Crippen molar-refractivity contribution in [2.75, 3.05) is 5.32 Å². The van der Waals surface area contributed by atoms with Gasteiger partial charge in [-0.3, -0.25) is 9.59 Å². The van der Waals surface area contributed by atoms with Crippen molar-refractivity contribution in [1.29, 1.82) is 0 Å². The Morgan fingerprint density at radius 1 is 0.750 bits per heavy atom. The zero-order valence-electron chi connectivity index (χ0n) is 18.1. The molecule has 0 aliphatic rings. The van der Waals surface area contributed by atoms with E-state index in [4.69, 9.17) is 5.11 Å². The third kappa shape index (κ3) is 8.93. The quantitative estimate of drug-likeness (QED) is 0.359. The molecule has 0 heterocycles. The molecule has 0 saturated heterocycles. The Hall–Kier alpha value is -4.09. The molecular formula is C24H18F7NO4. The van der Waals surface area contributed by atoms with E-state index in [0.29, 0.717) is 0 Å². The molecule has 3 rings (SSSR count). The zero-order chi connectivity index (χ0) is 27.1. The number of hydrogen-bond acceptors (Lipinski definition) is 3. The van der Waals surface area contributed by atoms with Crippen LogP contribution in [0.15, 0.2) is 66.7 Å². The van der Waals surface area contributed by atoms with Crippen LogP contribution in [0, 0.1) is 5.82 Å². The molecule has 192 valence electrons. The van der Waals surface area contributed by atoms with Crippen LogP contribution in [0.2, 0.25) is 0 Å². The van der Waals surface area contributed by atoms with Crippen molar-refractivity contribution in [1.82, 2.24) is 0 Å². The van der Waals surface area contributed by atoms with Crippen LogP contribution >= 0.6 is 0 Å². The molecule has 0 unspecified atom stereocenters. The number of anilines is 1. The summed E-state index contributed by atoms with van der Waals surface area (Å²) < 4.78 is 87.6. The second-order valence-electron chi connectivity index (χ2n) is 7.36. The Morgan fingerprint density at radius 2 is 1.25 bits per heavy atom. The van der Waals surface area contributed by atoms with Crippen molar-refractivity contribution in [3.63, 3.8) is 0 Å². The number of halogens is 7. The van der Waals surface area contributed by atoms with Gasteiger partial charge in [0.05, 0.1) is 29.7 Å². The lowest BCUT2D eigenvalue weighted by Crippen LogP contribution is -2.16. The van der Waals surface area contributed by atoms with Gasteiger partial charge < -0.3 is 15.5 Å². The first-order valence-electron chi connectivity index (χ1n) is 9.97. The number of carbonyl (C=O) groups is 2. The zero-order valence-corrected chi connectivity index (χ0v) is 18.1. The number of carboxylic acids is 1. The third-order valence-electron chi connectivity index (χ3n) is 4.45. The summed E-state index contributed by atoms with van der Waals surface area (Å²) in [5.41, 5.74) is -1.63. The number of rotatable bonds is 5. The summed E-state index contributed by atoms with van der Waals surface area (Å²) in [6.45, 7) is 0. The molecule has 0 radical (unpaired) electrons. The van der Waals surface area contributed by atoms with Gasteiger partial charge in [0.15, 0.2) is 0 Å². The minimum absolute atomic E-state index is 0.146. The highest BCUT2D eigenvalue weighted by Crippen LogP contribution is 2.30. The molecular weight excluding hydrogens is 499 g/mol. The van der Waals surface area contributed by atoms with Gasteiger partial charge in [-0.25, -0.2) is 4.39 Å². The lowest BCUT2D eigenvalue weighted by molar-refractivity contribution is -0.138. The number of aromatic hydroxyl groups is 1. The number of hydrogen-bond donors (Lipinski definition) is 3. The fraction of sp³-hybridized carbons (Fsp3) is 0.167. The number of nitrogens with one attached hydrogen (secondary N) is 1. The van der Waals surface area contributed by atoms with Crippen molar-refractivity contribution in [2.45, 2.75) is 25.2 Å². The molecule has 0 spiro atoms. The predicted octanol–water partition coefficient (Wildman–Crippen LogP) is 6.06. The first-order valence-corrected chi connectivity index (χ1v) is 9.97. The molecule has 5 nitrogen and oxygen atoms in total. The molecule has 0 bridgehead atoms. The first kappa shape index (κ1) is 28.1. The Balaban J connectivity index is 0.000000281. The van der Waals surface area contributed by atoms with E-state index in [1.54, 1.807) is 0 Å². The monoisotopic (exact) mass is 517 g/mol. The summed E-state index contributed by atoms with van der Waals surface area (Å²) >= 11 is 0. The molecule has 3 aromatic carbocycles. The van der Waals surface area contributed by atoms with Gasteiger partial charge in [0, 0.05) is 6.07 Å². The molecule has 0 atom stereocenters. The van der Waals surface area contributed by atoms with Crippen LogP contribution in [-0.2, 0) is 34.8 Å². The van der Waals surface area contributed by atoms with Crippen molar-refractivity contribution >= 4 is 17.6 Å². The van der Waals surface area contributed by atoms with Gasteiger partial charge >= 0.3 is 18.3 Å². The van der Waals surface area contributed by atoms with E-state index in [1.807, 2.05) is 0 Å². The van der Waals surface area contributed by atoms with E-state index in [9.17, 15) is 45.4 Å². The maximum absolute atomic E-state index is 13.4. The SMILES string of the molecule is O=C(Cc1cccc(C(F)(F)F)c1)Nc1cc(O)ccc1F.O=C(O)Cc1cccc(C(F)(F)F)c1. The van der Waals surface area contributed by atoms with E-state index >= 15 is 0 Å². The fourth-order valence-electron chi connectivity index (χ4n) is 2.88. The predicted molar refractivity (Wildman–Crippen MR) is 115 cm³/mol. The second kappa shape index (κ2) is 11.6. The number of alkyl halides is 6. The lowest BCUT2D eigenvalue weighted by Gasteiger charge is -2.10. The van der Waals surface area contributed by atoms with Crippen LogP contribution in [0.4, 0.5) is 36.4 Å². The molecule has 0 aliphatic carbocycles. The van der Waals surface area contributed by atoms with E-state index in [1.165, 1.54) is 24.3 Å². The van der Waals surface area contributed by atoms with Crippen LogP contribution in [0.3, 0.4) is 0 Å². The summed E-state index contributed by atoms with van der Waals surface area (Å²) in [7, 11) is 0. The van der Waals surface area contributed by atoms with E-state index < -0.39 is 47.6 Å². The smallest absolute Gasteiger partial charge is 0.416 e. The van der Waals surface area contributed by atoms with Gasteiger partial charge in [-0.15, -0.1) is 0 Å². The maximum atomic E-state index is 13.4. The van der Waals surface area contributed by atoms with Crippen molar-refractivity contribution in [3.8, 4) is 5.75 Å². The summed E-state index contributed by atoms with van der Waals surface area (Å²) in [6.07, 6.45) is -9.67. The third-order valence-corrected chi connectivity index (χ3v) is 4.45. The Morgan fingerprint density at radius 3 is 1.72 bits per heavy atom. The number of benzene rings is 3. The normalized spacial score (nSPS) is 11.3. The van der Waals surface area contributed by atoms with Gasteiger partial charge in [0.1, 0.15) is 11.6 Å². The topological polar surface area (TPSA) is 86.6 Å². The van der Waals surface area contributed by atoms with Crippen molar-refractivity contribution in [2.24, 2.45) is 0 Å². The van der Waals surface area contributed by atoms with Crippen LogP contribution in [0.5, 0.6) is 5.75 Å². The summed E-state index contributed by atoms with van der Waals surface area (Å²) in [5, 5.41) is 19.8. The molecule has 3 N–H and O–H groups in total. The fourth-order valence-corrected chi connectivity index (χ4v) is 2.88. The highest BCUT2D eigenvalue weighted by atomic mass is 19.4. The van der Waals surface area contributed by atoms with E-state index in [0.717, 1.165) is 42.5 Å². The van der Waals surface area contributed by atoms with Gasteiger partial charge in [-0.05, 0) is 35.4 Å². The highest BCUT2D eigenvalue weighted by molar-refractivity contribution is 5.92. The van der Waals surface area contributed by atoms with Crippen molar-refractivity contribution in [3.05, 3.63) is 94.8 Å². The van der Waals surface area contributed by atoms with Crippen LogP contribution < -0.4 is 5.32 Å². The standard InChI is InChI=1S/C15H11F4NO2.C9H7F3O2/c16-12-5-4-11(21)8-13(12)20-14(22)7-9-2-1-3-10(6-9)15(17,18)19;10-9(11,12)7-3-1-2-6(4-7)5-8(13)14/h1-6,8,21H,7H2,(H,20,22);1-4H,5H2,(H,13,14). The number of aliphatic carboxylic acids is 1. The van der Waals surface area contributed by atoms with Gasteiger partial charge in [-0.2, -0.15) is 26.3 Å². The maximum Gasteiger partial charge on any atom is 0.416 e. The van der Waals surface area contributed by atoms with Gasteiger partial charge in [0.2, 0.25) is 5.91 Å². The number of carbonyl (C=O) groups excluding carboxylic acids is 1. The molecule has 1 amide bonds. The number of phenols is 1. The number of amides is 1. The van der Waals surface area contributed by atoms with Crippen LogP contribution in [-0.4, -0.2) is 22.1 Å². The average molecular weight is 517 g/mol. The molecule has 3 aromatic rings. The lowest BCUT2D eigenvalue weighted by atomic mass is 10.1. The Labute approximate surface area is 199 Å². The number of carboxylic acid groups (broad SMARTS) is 1. The molecule has 12 heteroatoms. The number of phenolic OH excluding ortho intramolecular Hbond substituents is 1. The molecule has 0 aromatic heterocycles. The summed E-state index contributed by atoms with van der Waals surface area (Å²) in [5.74, 6) is -2.83. The summed E-state index contributed by atoms with van der Waals surface area (Å²) in [6, 6.07) is 11.7. The molecule has 36 heavy (non-hydrogen) atoms. The molecule has 0 saturated carbocycles. The van der Waals surface area contributed by atoms with Crippen LogP contribution in [0.1, 0.15) is 22.3 Å². The largest absolute Gasteiger partial charge is 0.508 e.